The number of hydrogen-bond donors (Lipinski definition) is 0. The second-order valence-electron chi connectivity index (χ2n) is 5.44. The maximum Gasteiger partial charge on any atom is 0.136 e. The lowest BCUT2D eigenvalue weighted by Crippen LogP contribution is -2.11. The lowest BCUT2D eigenvalue weighted by atomic mass is 9.90. The van der Waals surface area contributed by atoms with E-state index in [1.165, 1.54) is 11.1 Å². The van der Waals surface area contributed by atoms with Crippen molar-refractivity contribution < 1.29 is 4.79 Å². The fourth-order valence-electron chi connectivity index (χ4n) is 2.81. The highest BCUT2D eigenvalue weighted by Gasteiger charge is 2.32. The first-order valence-corrected chi connectivity index (χ1v) is 8.50. The summed E-state index contributed by atoms with van der Waals surface area (Å²) in [7, 11) is 0. The molecule has 1 nitrogen and oxygen atoms in total. The molecule has 0 heterocycles. The van der Waals surface area contributed by atoms with Crippen LogP contribution in [0.15, 0.2) is 52.1 Å². The molecule has 0 bridgehead atoms. The van der Waals surface area contributed by atoms with E-state index in [1.807, 2.05) is 0 Å². The Kier molecular flexibility index (Phi) is 6.02. The van der Waals surface area contributed by atoms with E-state index in [2.05, 4.69) is 76.1 Å². The van der Waals surface area contributed by atoms with E-state index < -0.39 is 0 Å². The van der Waals surface area contributed by atoms with Crippen LogP contribution in [0.25, 0.3) is 0 Å². The maximum atomic E-state index is 11.7. The van der Waals surface area contributed by atoms with Crippen LogP contribution < -0.4 is 0 Å². The van der Waals surface area contributed by atoms with Crippen LogP contribution in [0.3, 0.4) is 0 Å². The first-order chi connectivity index (χ1) is 9.72. The lowest BCUT2D eigenvalue weighted by Gasteiger charge is -2.14. The molecule has 0 amide bonds. The van der Waals surface area contributed by atoms with Gasteiger partial charge in [-0.1, -0.05) is 72.0 Å². The number of aryl methyl sites for hydroxylation is 1. The first-order valence-electron chi connectivity index (χ1n) is 7.26. The smallest absolute Gasteiger partial charge is 0.136 e. The molecule has 20 heavy (non-hydrogen) atoms. The van der Waals surface area contributed by atoms with Crippen molar-refractivity contribution in [3.05, 3.63) is 57.7 Å². The topological polar surface area (TPSA) is 17.1 Å². The summed E-state index contributed by atoms with van der Waals surface area (Å²) in [5.41, 5.74) is 2.69. The zero-order chi connectivity index (χ0) is 14.4. The summed E-state index contributed by atoms with van der Waals surface area (Å²) in [5, 5.41) is 0. The van der Waals surface area contributed by atoms with E-state index in [0.29, 0.717) is 11.7 Å². The highest BCUT2D eigenvalue weighted by atomic mass is 127. The average Bonchev–Trinajstić information content (AvgIpc) is 2.81. The monoisotopic (exact) mass is 380 g/mol. The number of allylic oxidation sites excluding steroid dienone is 3. The predicted molar refractivity (Wildman–Crippen MR) is 92.9 cm³/mol. The number of rotatable bonds is 5. The van der Waals surface area contributed by atoms with Gasteiger partial charge in [0.2, 0.25) is 0 Å². The van der Waals surface area contributed by atoms with Crippen molar-refractivity contribution in [2.75, 3.05) is 0 Å². The summed E-state index contributed by atoms with van der Waals surface area (Å²) in [6, 6.07) is 10.6. The number of Topliss-reactive ketones (excluding diaryl/α,β-unsaturated/α-hetero) is 1. The molecule has 0 N–H and O–H groups in total. The van der Waals surface area contributed by atoms with E-state index in [9.17, 15) is 4.79 Å². The molecule has 2 heteroatoms. The molecule has 0 aliphatic heterocycles. The van der Waals surface area contributed by atoms with Gasteiger partial charge in [0.1, 0.15) is 5.78 Å². The number of hydrogen-bond acceptors (Lipinski definition) is 1. The minimum absolute atomic E-state index is 0.190. The van der Waals surface area contributed by atoms with Crippen molar-refractivity contribution >= 4 is 28.4 Å². The molecule has 0 saturated heterocycles. The Morgan fingerprint density at radius 3 is 2.70 bits per heavy atom. The Morgan fingerprint density at radius 1 is 1.35 bits per heavy atom. The molecule has 1 aliphatic rings. The minimum atomic E-state index is 0.190. The Bertz CT molecular complexity index is 501. The molecule has 0 radical (unpaired) electrons. The van der Waals surface area contributed by atoms with Gasteiger partial charge < -0.3 is 0 Å². The molecule has 0 aromatic heterocycles. The van der Waals surface area contributed by atoms with Crippen LogP contribution in [0.1, 0.15) is 31.7 Å². The van der Waals surface area contributed by atoms with Crippen molar-refractivity contribution in [3.8, 4) is 0 Å². The number of ketones is 1. The summed E-state index contributed by atoms with van der Waals surface area (Å²) >= 11 is 2.29. The summed E-state index contributed by atoms with van der Waals surface area (Å²) in [4.78, 5) is 11.7. The van der Waals surface area contributed by atoms with Gasteiger partial charge in [-0.3, -0.25) is 4.79 Å². The minimum Gasteiger partial charge on any atom is -0.299 e. The Balaban J connectivity index is 1.88. The highest BCUT2D eigenvalue weighted by molar-refractivity contribution is 14.1. The zero-order valence-electron chi connectivity index (χ0n) is 11.9. The number of carbonyl (C=O) groups is 1. The van der Waals surface area contributed by atoms with E-state index in [-0.39, 0.29) is 5.92 Å². The normalized spacial score (nSPS) is 23.7. The molecule has 2 atom stereocenters. The molecule has 1 saturated carbocycles. The fraction of sp³-hybridized carbons (Fsp3) is 0.389. The quantitative estimate of drug-likeness (QED) is 0.513. The lowest BCUT2D eigenvalue weighted by molar-refractivity contribution is -0.120. The van der Waals surface area contributed by atoms with Crippen LogP contribution in [-0.2, 0) is 11.2 Å². The summed E-state index contributed by atoms with van der Waals surface area (Å²) in [6.07, 6.45) is 8.34. The van der Waals surface area contributed by atoms with Crippen LogP contribution in [0.4, 0.5) is 0 Å². The van der Waals surface area contributed by atoms with Crippen LogP contribution in [0.2, 0.25) is 0 Å². The van der Waals surface area contributed by atoms with E-state index in [1.54, 1.807) is 0 Å². The molecular formula is C18H21IO. The average molecular weight is 380 g/mol. The molecule has 106 valence electrons. The first kappa shape index (κ1) is 15.5. The van der Waals surface area contributed by atoms with Gasteiger partial charge in [-0.2, -0.15) is 0 Å². The number of benzene rings is 1. The van der Waals surface area contributed by atoms with Crippen molar-refractivity contribution in [2.45, 2.75) is 32.6 Å². The van der Waals surface area contributed by atoms with Gasteiger partial charge in [0, 0.05) is 12.3 Å². The second-order valence-corrected chi connectivity index (χ2v) is 6.06. The van der Waals surface area contributed by atoms with Gasteiger partial charge in [-0.15, -0.1) is 0 Å². The van der Waals surface area contributed by atoms with Crippen LogP contribution in [-0.4, -0.2) is 5.78 Å². The van der Waals surface area contributed by atoms with E-state index >= 15 is 0 Å². The molecule has 2 rings (SSSR count). The van der Waals surface area contributed by atoms with Crippen LogP contribution in [0, 0.1) is 11.8 Å². The van der Waals surface area contributed by atoms with Gasteiger partial charge in [0.05, 0.1) is 0 Å². The van der Waals surface area contributed by atoms with Gasteiger partial charge in [-0.05, 0) is 40.4 Å². The highest BCUT2D eigenvalue weighted by Crippen LogP contribution is 2.35. The van der Waals surface area contributed by atoms with Gasteiger partial charge >= 0.3 is 0 Å². The second kappa shape index (κ2) is 7.77. The predicted octanol–water partition coefficient (Wildman–Crippen LogP) is 5.11. The maximum absolute atomic E-state index is 11.7. The third-order valence-corrected chi connectivity index (χ3v) is 4.84. The zero-order valence-corrected chi connectivity index (χ0v) is 14.0. The number of carbonyl (C=O) groups excluding carboxylic acids is 1. The van der Waals surface area contributed by atoms with Crippen molar-refractivity contribution in [1.82, 2.24) is 0 Å². The molecule has 2 unspecified atom stereocenters. The standard InChI is InChI=1S/C18H21IO/c1-14-17(11-12-18(14)20)16(13-19)10-6-5-9-15-7-3-2-4-8-15/h2-4,6-8,10,13-14,17H,5,9,11-12H2,1H3/b10-6+,16-13+. The Morgan fingerprint density at radius 2 is 2.10 bits per heavy atom. The third-order valence-electron chi connectivity index (χ3n) is 4.12. The van der Waals surface area contributed by atoms with Crippen LogP contribution in [0.5, 0.6) is 0 Å². The van der Waals surface area contributed by atoms with Crippen LogP contribution >= 0.6 is 22.6 Å². The number of halogens is 1. The third kappa shape index (κ3) is 4.05. The molecule has 1 fully saturated rings. The molecule has 0 spiro atoms. The van der Waals surface area contributed by atoms with Crippen molar-refractivity contribution in [1.29, 1.82) is 0 Å². The van der Waals surface area contributed by atoms with Gasteiger partial charge in [0.15, 0.2) is 0 Å². The Labute approximate surface area is 135 Å². The summed E-state index contributed by atoms with van der Waals surface area (Å²) in [6.45, 7) is 2.07. The molecule has 1 aromatic rings. The fourth-order valence-corrected chi connectivity index (χ4v) is 3.48. The Hall–Kier alpha value is -0.900. The summed E-state index contributed by atoms with van der Waals surface area (Å²) in [5.74, 6) is 1.03. The molecular weight excluding hydrogens is 359 g/mol. The summed E-state index contributed by atoms with van der Waals surface area (Å²) < 4.78 is 2.14. The molecule has 1 aliphatic carbocycles. The van der Waals surface area contributed by atoms with E-state index in [0.717, 1.165) is 25.7 Å². The largest absolute Gasteiger partial charge is 0.299 e. The van der Waals surface area contributed by atoms with Gasteiger partial charge in [0.25, 0.3) is 0 Å². The molecule has 1 aromatic carbocycles. The van der Waals surface area contributed by atoms with E-state index in [4.69, 9.17) is 0 Å². The van der Waals surface area contributed by atoms with Crippen molar-refractivity contribution in [2.24, 2.45) is 11.8 Å². The van der Waals surface area contributed by atoms with Crippen molar-refractivity contribution in [3.63, 3.8) is 0 Å². The SMILES string of the molecule is CC1C(=O)CCC1C(=C/I)/C=C/CCc1ccccc1. The van der Waals surface area contributed by atoms with Gasteiger partial charge in [-0.25, -0.2) is 0 Å².